The topological polar surface area (TPSA) is 49.3 Å². The summed E-state index contributed by atoms with van der Waals surface area (Å²) >= 11 is 0. The Bertz CT molecular complexity index is 741. The van der Waals surface area contributed by atoms with Crippen molar-refractivity contribution in [3.63, 3.8) is 0 Å². The van der Waals surface area contributed by atoms with E-state index in [-0.39, 0.29) is 23.7 Å². The summed E-state index contributed by atoms with van der Waals surface area (Å²) in [6.45, 7) is 1.92. The van der Waals surface area contributed by atoms with E-state index in [0.29, 0.717) is 12.5 Å². The van der Waals surface area contributed by atoms with Crippen LogP contribution in [0.1, 0.15) is 37.7 Å². The smallest absolute Gasteiger partial charge is 0.137 e. The standard InChI is InChI=1S/C20H23NO2/c1-2-17(22)19-16(10-15-11-18(23)20(19)21-15)14-8-7-12-5-3-4-6-13(12)9-14/h3-9,15-16,18-21,23H,2,10-11H2,1H3/t15?,16-,18?,19-,20-/m1/s1. The van der Waals surface area contributed by atoms with Gasteiger partial charge < -0.3 is 10.4 Å². The van der Waals surface area contributed by atoms with Gasteiger partial charge in [0.05, 0.1) is 6.10 Å². The van der Waals surface area contributed by atoms with E-state index in [2.05, 4.69) is 41.7 Å². The first kappa shape index (κ1) is 14.9. The normalized spacial score (nSPS) is 33.0. The first-order valence-corrected chi connectivity index (χ1v) is 8.63. The number of rotatable bonds is 3. The first-order chi connectivity index (χ1) is 11.2. The SMILES string of the molecule is CCC(=O)[C@H]1[C@@H](c2ccc3ccccc3c2)CC2CC(O)[C@H]1N2. The third-order valence-electron chi connectivity index (χ3n) is 5.65. The highest BCUT2D eigenvalue weighted by Crippen LogP contribution is 2.43. The highest BCUT2D eigenvalue weighted by Gasteiger charge is 2.49. The number of hydrogen-bond acceptors (Lipinski definition) is 3. The van der Waals surface area contributed by atoms with E-state index in [9.17, 15) is 9.90 Å². The van der Waals surface area contributed by atoms with Gasteiger partial charge in [-0.3, -0.25) is 4.79 Å². The number of nitrogens with one attached hydrogen (secondary N) is 1. The second kappa shape index (κ2) is 5.73. The summed E-state index contributed by atoms with van der Waals surface area (Å²) in [4.78, 5) is 12.6. The molecule has 5 atom stereocenters. The number of piperidine rings is 1. The second-order valence-electron chi connectivity index (χ2n) is 6.99. The van der Waals surface area contributed by atoms with Crippen LogP contribution in [0.4, 0.5) is 0 Å². The van der Waals surface area contributed by atoms with Gasteiger partial charge in [-0.15, -0.1) is 0 Å². The summed E-state index contributed by atoms with van der Waals surface area (Å²) < 4.78 is 0. The van der Waals surface area contributed by atoms with E-state index in [4.69, 9.17) is 0 Å². The molecule has 2 bridgehead atoms. The molecule has 23 heavy (non-hydrogen) atoms. The minimum absolute atomic E-state index is 0.0855. The van der Waals surface area contributed by atoms with Gasteiger partial charge in [0, 0.05) is 24.4 Å². The van der Waals surface area contributed by atoms with Crippen molar-refractivity contribution in [2.75, 3.05) is 0 Å². The maximum absolute atomic E-state index is 12.6. The number of benzene rings is 2. The lowest BCUT2D eigenvalue weighted by molar-refractivity contribution is -0.125. The molecule has 120 valence electrons. The Labute approximate surface area is 136 Å². The molecule has 0 amide bonds. The molecular weight excluding hydrogens is 286 g/mol. The quantitative estimate of drug-likeness (QED) is 0.916. The second-order valence-corrected chi connectivity index (χ2v) is 6.99. The maximum atomic E-state index is 12.6. The number of aliphatic hydroxyl groups is 1. The minimum atomic E-state index is -0.397. The number of hydrogen-bond donors (Lipinski definition) is 2. The molecule has 2 aliphatic heterocycles. The molecule has 0 radical (unpaired) electrons. The fraction of sp³-hybridized carbons (Fsp3) is 0.450. The zero-order valence-corrected chi connectivity index (χ0v) is 13.4. The molecule has 0 spiro atoms. The summed E-state index contributed by atoms with van der Waals surface area (Å²) in [5.41, 5.74) is 1.24. The predicted molar refractivity (Wildman–Crippen MR) is 91.4 cm³/mol. The highest BCUT2D eigenvalue weighted by atomic mass is 16.3. The molecule has 2 aromatic rings. The first-order valence-electron chi connectivity index (χ1n) is 8.63. The van der Waals surface area contributed by atoms with E-state index < -0.39 is 6.10 Å². The predicted octanol–water partition coefficient (Wildman–Crippen LogP) is 3.01. The molecule has 4 rings (SSSR count). The van der Waals surface area contributed by atoms with E-state index in [1.807, 2.05) is 13.0 Å². The number of carbonyl (C=O) groups excluding carboxylic acids is 1. The average Bonchev–Trinajstić information content (AvgIpc) is 2.88. The van der Waals surface area contributed by atoms with Crippen LogP contribution < -0.4 is 5.32 Å². The van der Waals surface area contributed by atoms with Gasteiger partial charge in [-0.25, -0.2) is 0 Å². The van der Waals surface area contributed by atoms with Crippen molar-refractivity contribution in [1.82, 2.24) is 5.32 Å². The number of fused-ring (bicyclic) bond motifs is 3. The van der Waals surface area contributed by atoms with E-state index in [1.165, 1.54) is 16.3 Å². The van der Waals surface area contributed by atoms with Crippen LogP contribution in [0.5, 0.6) is 0 Å². The molecule has 2 saturated heterocycles. The molecular formula is C20H23NO2. The highest BCUT2D eigenvalue weighted by molar-refractivity contribution is 5.85. The van der Waals surface area contributed by atoms with Crippen molar-refractivity contribution < 1.29 is 9.90 Å². The van der Waals surface area contributed by atoms with Crippen molar-refractivity contribution in [2.24, 2.45) is 5.92 Å². The van der Waals surface area contributed by atoms with E-state index >= 15 is 0 Å². The molecule has 2 N–H and O–H groups in total. The lowest BCUT2D eigenvalue weighted by atomic mass is 9.74. The van der Waals surface area contributed by atoms with Crippen molar-refractivity contribution in [3.8, 4) is 0 Å². The Hall–Kier alpha value is -1.71. The van der Waals surface area contributed by atoms with Crippen LogP contribution in [0.3, 0.4) is 0 Å². The fourth-order valence-corrected chi connectivity index (χ4v) is 4.54. The largest absolute Gasteiger partial charge is 0.391 e. The summed E-state index contributed by atoms with van der Waals surface area (Å²) in [6, 6.07) is 15.1. The molecule has 2 heterocycles. The molecule has 0 aromatic heterocycles. The Kier molecular flexibility index (Phi) is 3.70. The van der Waals surface area contributed by atoms with Crippen molar-refractivity contribution in [2.45, 2.75) is 50.3 Å². The lowest BCUT2D eigenvalue weighted by Gasteiger charge is -2.37. The molecule has 2 aromatic carbocycles. The van der Waals surface area contributed by atoms with Gasteiger partial charge in [-0.1, -0.05) is 49.4 Å². The minimum Gasteiger partial charge on any atom is -0.391 e. The van der Waals surface area contributed by atoms with Gasteiger partial charge in [-0.2, -0.15) is 0 Å². The average molecular weight is 309 g/mol. The van der Waals surface area contributed by atoms with Gasteiger partial charge in [-0.05, 0) is 35.1 Å². The van der Waals surface area contributed by atoms with E-state index in [0.717, 1.165) is 12.8 Å². The fourth-order valence-electron chi connectivity index (χ4n) is 4.54. The van der Waals surface area contributed by atoms with Crippen LogP contribution in [0, 0.1) is 5.92 Å². The maximum Gasteiger partial charge on any atom is 0.137 e. The van der Waals surface area contributed by atoms with Gasteiger partial charge in [0.25, 0.3) is 0 Å². The third kappa shape index (κ3) is 2.48. The lowest BCUT2D eigenvalue weighted by Crippen LogP contribution is -2.50. The molecule has 2 aliphatic rings. The van der Waals surface area contributed by atoms with Crippen molar-refractivity contribution in [3.05, 3.63) is 48.0 Å². The van der Waals surface area contributed by atoms with Crippen LogP contribution >= 0.6 is 0 Å². The monoisotopic (exact) mass is 309 g/mol. The molecule has 0 saturated carbocycles. The Morgan fingerprint density at radius 2 is 1.96 bits per heavy atom. The Morgan fingerprint density at radius 3 is 2.74 bits per heavy atom. The van der Waals surface area contributed by atoms with Crippen LogP contribution in [0.2, 0.25) is 0 Å². The van der Waals surface area contributed by atoms with Gasteiger partial charge >= 0.3 is 0 Å². The molecule has 3 nitrogen and oxygen atoms in total. The summed E-state index contributed by atoms with van der Waals surface area (Å²) in [7, 11) is 0. The molecule has 0 aliphatic carbocycles. The Balaban J connectivity index is 1.76. The molecule has 2 fully saturated rings. The molecule has 2 unspecified atom stereocenters. The summed E-state index contributed by atoms with van der Waals surface area (Å²) in [5.74, 6) is 0.357. The zero-order valence-electron chi connectivity index (χ0n) is 13.4. The number of aliphatic hydroxyl groups excluding tert-OH is 1. The van der Waals surface area contributed by atoms with Crippen LogP contribution in [-0.2, 0) is 4.79 Å². The molecule has 3 heteroatoms. The Morgan fingerprint density at radius 1 is 1.17 bits per heavy atom. The zero-order chi connectivity index (χ0) is 16.0. The van der Waals surface area contributed by atoms with Crippen molar-refractivity contribution in [1.29, 1.82) is 0 Å². The van der Waals surface area contributed by atoms with Crippen LogP contribution in [0.25, 0.3) is 10.8 Å². The van der Waals surface area contributed by atoms with Crippen molar-refractivity contribution >= 4 is 16.6 Å². The summed E-state index contributed by atoms with van der Waals surface area (Å²) in [6.07, 6.45) is 1.83. The van der Waals surface area contributed by atoms with Crippen LogP contribution in [-0.4, -0.2) is 29.1 Å². The number of Topliss-reactive ketones (excluding diaryl/α,β-unsaturated/α-hetero) is 1. The van der Waals surface area contributed by atoms with Gasteiger partial charge in [0.15, 0.2) is 0 Å². The number of ketones is 1. The van der Waals surface area contributed by atoms with Gasteiger partial charge in [0.2, 0.25) is 0 Å². The van der Waals surface area contributed by atoms with Crippen LogP contribution in [0.15, 0.2) is 42.5 Å². The van der Waals surface area contributed by atoms with Gasteiger partial charge in [0.1, 0.15) is 5.78 Å². The summed E-state index contributed by atoms with van der Waals surface area (Å²) in [5, 5.41) is 16.3. The van der Waals surface area contributed by atoms with E-state index in [1.54, 1.807) is 0 Å². The number of carbonyl (C=O) groups is 1. The third-order valence-corrected chi connectivity index (χ3v) is 5.65.